The molecule has 0 saturated heterocycles. The van der Waals surface area contributed by atoms with Gasteiger partial charge in [0.25, 0.3) is 0 Å². The van der Waals surface area contributed by atoms with Crippen LogP contribution in [-0.4, -0.2) is 41.2 Å². The zero-order valence-electron chi connectivity index (χ0n) is 16.7. The van der Waals surface area contributed by atoms with Crippen LogP contribution in [0.1, 0.15) is 5.82 Å². The average Bonchev–Trinajstić information content (AvgIpc) is 3.47. The highest BCUT2D eigenvalue weighted by Gasteiger charge is 2.18. The fraction of sp³-hybridized carbons (Fsp3) is 0.136. The number of nitrogens with one attached hydrogen (secondary N) is 2. The summed E-state index contributed by atoms with van der Waals surface area (Å²) in [5, 5.41) is 8.32. The lowest BCUT2D eigenvalue weighted by Crippen LogP contribution is -2.28. The Kier molecular flexibility index (Phi) is 4.44. The summed E-state index contributed by atoms with van der Waals surface area (Å²) in [5.41, 5.74) is 4.16. The number of nitrogens with zero attached hydrogens (tertiary/aromatic N) is 6. The minimum absolute atomic E-state index is 0.309. The van der Waals surface area contributed by atoms with Gasteiger partial charge in [0.2, 0.25) is 0 Å². The van der Waals surface area contributed by atoms with Crippen LogP contribution in [0.3, 0.4) is 0 Å². The van der Waals surface area contributed by atoms with Gasteiger partial charge in [0.1, 0.15) is 17.3 Å². The molecule has 4 aromatic heterocycles. The molecule has 1 aliphatic rings. The normalized spacial score (nSPS) is 13.4. The van der Waals surface area contributed by atoms with Crippen molar-refractivity contribution >= 4 is 22.6 Å². The molecular formula is C22H16ClFN8. The van der Waals surface area contributed by atoms with E-state index >= 15 is 0 Å². The maximum Gasteiger partial charge on any atom is 0.183 e. The van der Waals surface area contributed by atoms with Crippen LogP contribution in [0.4, 0.5) is 4.39 Å². The smallest absolute Gasteiger partial charge is 0.183 e. The van der Waals surface area contributed by atoms with Gasteiger partial charge in [0.05, 0.1) is 41.8 Å². The van der Waals surface area contributed by atoms with Gasteiger partial charge in [0.15, 0.2) is 5.82 Å². The van der Waals surface area contributed by atoms with Crippen molar-refractivity contribution in [1.82, 2.24) is 40.0 Å². The minimum atomic E-state index is -0.406. The highest BCUT2D eigenvalue weighted by atomic mass is 35.5. The number of hydrogen-bond donors (Lipinski definition) is 2. The van der Waals surface area contributed by atoms with Gasteiger partial charge < -0.3 is 10.3 Å². The summed E-state index contributed by atoms with van der Waals surface area (Å²) in [6, 6.07) is 10.00. The summed E-state index contributed by atoms with van der Waals surface area (Å²) < 4.78 is 16.4. The van der Waals surface area contributed by atoms with Crippen LogP contribution in [0.5, 0.6) is 0 Å². The monoisotopic (exact) mass is 446 g/mol. The Balaban J connectivity index is 1.43. The molecule has 0 fully saturated rings. The zero-order chi connectivity index (χ0) is 21.7. The molecule has 1 aliphatic heterocycles. The Morgan fingerprint density at radius 3 is 2.88 bits per heavy atom. The predicted octanol–water partition coefficient (Wildman–Crippen LogP) is 3.84. The van der Waals surface area contributed by atoms with E-state index in [1.54, 1.807) is 12.3 Å². The van der Waals surface area contributed by atoms with Crippen molar-refractivity contribution in [1.29, 1.82) is 0 Å². The molecule has 6 rings (SSSR count). The second-order valence-corrected chi connectivity index (χ2v) is 7.90. The summed E-state index contributed by atoms with van der Waals surface area (Å²) >= 11 is 6.08. The van der Waals surface area contributed by atoms with E-state index in [0.29, 0.717) is 45.6 Å². The van der Waals surface area contributed by atoms with Crippen molar-refractivity contribution in [2.45, 2.75) is 13.1 Å². The first kappa shape index (κ1) is 19.0. The lowest BCUT2D eigenvalue weighted by molar-refractivity contribution is 0.469. The first-order valence-corrected chi connectivity index (χ1v) is 10.4. The molecule has 0 radical (unpaired) electrons. The fourth-order valence-electron chi connectivity index (χ4n) is 3.83. The van der Waals surface area contributed by atoms with Crippen molar-refractivity contribution in [3.63, 3.8) is 0 Å². The predicted molar refractivity (Wildman–Crippen MR) is 118 cm³/mol. The number of rotatable bonds is 3. The van der Waals surface area contributed by atoms with Crippen LogP contribution in [0.2, 0.25) is 5.02 Å². The number of aromatic nitrogens is 7. The van der Waals surface area contributed by atoms with Gasteiger partial charge in [-0.25, -0.2) is 24.0 Å². The number of fused-ring (bicyclic) bond motifs is 2. The van der Waals surface area contributed by atoms with Gasteiger partial charge in [-0.3, -0.25) is 4.98 Å². The molecule has 5 heterocycles. The third-order valence-electron chi connectivity index (χ3n) is 5.41. The zero-order valence-corrected chi connectivity index (χ0v) is 17.4. The third kappa shape index (κ3) is 3.22. The van der Waals surface area contributed by atoms with Gasteiger partial charge in [-0.05, 0) is 36.4 Å². The number of hydrogen-bond acceptors (Lipinski definition) is 6. The molecule has 0 bridgehead atoms. The van der Waals surface area contributed by atoms with Crippen LogP contribution >= 0.6 is 11.6 Å². The molecule has 0 atom stereocenters. The van der Waals surface area contributed by atoms with Crippen molar-refractivity contribution < 1.29 is 4.39 Å². The lowest BCUT2D eigenvalue weighted by Gasteiger charge is -2.11. The van der Waals surface area contributed by atoms with Gasteiger partial charge >= 0.3 is 0 Å². The molecule has 158 valence electrons. The molecule has 0 aliphatic carbocycles. The highest BCUT2D eigenvalue weighted by molar-refractivity contribution is 6.30. The Labute approximate surface area is 186 Å². The highest BCUT2D eigenvalue weighted by Crippen LogP contribution is 2.32. The van der Waals surface area contributed by atoms with E-state index in [0.717, 1.165) is 30.0 Å². The molecule has 0 amide bonds. The Morgan fingerprint density at radius 1 is 1.03 bits per heavy atom. The van der Waals surface area contributed by atoms with E-state index in [1.165, 1.54) is 18.5 Å². The Bertz CT molecular complexity index is 1450. The third-order valence-corrected chi connectivity index (χ3v) is 5.64. The standard InChI is InChI=1S/C22H16ClFN8/c23-13-1-2-15(24)14(8-13)20-21(28-11-27-20)17-4-3-16-18(29-17)7-12(9-26-16)22-30-19-10-25-5-6-32(19)31-22/h1-4,7-9,11,25H,5-6,10H2,(H,27,28). The SMILES string of the molecule is Fc1ccc(Cl)cc1-c1nc[nH]c1-c1ccc2ncc(-c3nc4n(n3)CCNC4)cc2n1. The summed E-state index contributed by atoms with van der Waals surface area (Å²) in [6.07, 6.45) is 3.26. The van der Waals surface area contributed by atoms with Gasteiger partial charge in [-0.2, -0.15) is 5.10 Å². The first-order valence-electron chi connectivity index (χ1n) is 10.1. The Hall–Kier alpha value is -3.69. The van der Waals surface area contributed by atoms with E-state index in [1.807, 2.05) is 22.9 Å². The number of halogens is 2. The average molecular weight is 447 g/mol. The van der Waals surface area contributed by atoms with Crippen LogP contribution < -0.4 is 5.32 Å². The van der Waals surface area contributed by atoms with Crippen LogP contribution in [-0.2, 0) is 13.1 Å². The molecule has 5 aromatic rings. The van der Waals surface area contributed by atoms with Crippen LogP contribution in [0, 0.1) is 5.82 Å². The molecule has 32 heavy (non-hydrogen) atoms. The van der Waals surface area contributed by atoms with E-state index < -0.39 is 5.82 Å². The van der Waals surface area contributed by atoms with Gasteiger partial charge in [0, 0.05) is 28.9 Å². The topological polar surface area (TPSA) is 97.2 Å². The molecule has 0 unspecified atom stereocenters. The van der Waals surface area contributed by atoms with Crippen molar-refractivity contribution in [3.8, 4) is 34.0 Å². The molecule has 2 N–H and O–H groups in total. The number of aromatic amines is 1. The van der Waals surface area contributed by atoms with E-state index in [-0.39, 0.29) is 0 Å². The summed E-state index contributed by atoms with van der Waals surface area (Å²) in [6.45, 7) is 2.35. The molecule has 10 heteroatoms. The quantitative estimate of drug-likeness (QED) is 0.437. The maximum atomic E-state index is 14.5. The fourth-order valence-corrected chi connectivity index (χ4v) is 4.00. The summed E-state index contributed by atoms with van der Waals surface area (Å²) in [7, 11) is 0. The molecule has 1 aromatic carbocycles. The van der Waals surface area contributed by atoms with Crippen LogP contribution in [0.25, 0.3) is 45.1 Å². The molecule has 0 saturated carbocycles. The van der Waals surface area contributed by atoms with Crippen LogP contribution in [0.15, 0.2) is 48.9 Å². The number of H-pyrrole nitrogens is 1. The van der Waals surface area contributed by atoms with Crippen molar-refractivity contribution in [2.24, 2.45) is 0 Å². The van der Waals surface area contributed by atoms with E-state index in [2.05, 4.69) is 30.4 Å². The van der Waals surface area contributed by atoms with E-state index in [4.69, 9.17) is 16.6 Å². The number of imidazole rings is 1. The summed E-state index contributed by atoms with van der Waals surface area (Å²) in [4.78, 5) is 21.3. The first-order chi connectivity index (χ1) is 15.7. The number of pyridine rings is 2. The minimum Gasteiger partial charge on any atom is -0.343 e. The second kappa shape index (κ2) is 7.47. The van der Waals surface area contributed by atoms with Gasteiger partial charge in [-0.1, -0.05) is 11.6 Å². The molecule has 8 nitrogen and oxygen atoms in total. The lowest BCUT2D eigenvalue weighted by atomic mass is 10.1. The maximum absolute atomic E-state index is 14.5. The van der Waals surface area contributed by atoms with E-state index in [9.17, 15) is 4.39 Å². The molecule has 0 spiro atoms. The second-order valence-electron chi connectivity index (χ2n) is 7.46. The van der Waals surface area contributed by atoms with Crippen molar-refractivity contribution in [3.05, 3.63) is 65.6 Å². The molecular weight excluding hydrogens is 431 g/mol. The largest absolute Gasteiger partial charge is 0.343 e. The summed E-state index contributed by atoms with van der Waals surface area (Å²) in [5.74, 6) is 1.11. The number of benzene rings is 1. The van der Waals surface area contributed by atoms with Gasteiger partial charge in [-0.15, -0.1) is 0 Å². The van der Waals surface area contributed by atoms with Crippen molar-refractivity contribution in [2.75, 3.05) is 6.54 Å². The Morgan fingerprint density at radius 2 is 1.97 bits per heavy atom.